The number of hydrogen-bond acceptors (Lipinski definition) is 9. The number of ether oxygens (including phenoxy) is 6. The molecule has 3 saturated heterocycles. The number of carbonyl (C=O) groups excluding carboxylic acids is 2. The van der Waals surface area contributed by atoms with Crippen molar-refractivity contribution in [1.82, 2.24) is 0 Å². The number of rotatable bonds is 1. The lowest BCUT2D eigenvalue weighted by molar-refractivity contribution is -0.232. The van der Waals surface area contributed by atoms with Gasteiger partial charge in [0.15, 0.2) is 0 Å². The topological polar surface area (TPSA) is 113 Å². The molecule has 6 rings (SSSR count). The Balaban J connectivity index is 1.40. The Morgan fingerprint density at radius 2 is 1.87 bits per heavy atom. The van der Waals surface area contributed by atoms with E-state index in [0.717, 1.165) is 6.42 Å². The third-order valence-electron chi connectivity index (χ3n) is 9.84. The van der Waals surface area contributed by atoms with Crippen LogP contribution in [0.15, 0.2) is 47.6 Å². The fourth-order valence-corrected chi connectivity index (χ4v) is 7.32. The van der Waals surface area contributed by atoms with Crippen molar-refractivity contribution >= 4 is 11.9 Å². The summed E-state index contributed by atoms with van der Waals surface area (Å²) in [5, 5.41) is 10.4. The van der Waals surface area contributed by atoms with Gasteiger partial charge in [-0.2, -0.15) is 0 Å². The summed E-state index contributed by atoms with van der Waals surface area (Å²) in [7, 11) is 0. The Morgan fingerprint density at radius 1 is 1.08 bits per heavy atom. The number of allylic oxidation sites excluding steroid dienone is 3. The largest absolute Gasteiger partial charge is 0.462 e. The van der Waals surface area contributed by atoms with Gasteiger partial charge in [-0.05, 0) is 45.3 Å². The molecule has 0 radical (unpaired) electrons. The first-order valence-corrected chi connectivity index (χ1v) is 13.4. The minimum atomic E-state index is -1.40. The van der Waals surface area contributed by atoms with Crippen LogP contribution < -0.4 is 0 Å². The van der Waals surface area contributed by atoms with Gasteiger partial charge in [-0.15, -0.1) is 0 Å². The number of epoxide rings is 1. The van der Waals surface area contributed by atoms with E-state index in [2.05, 4.69) is 19.9 Å². The third-order valence-corrected chi connectivity index (χ3v) is 9.84. The zero-order valence-electron chi connectivity index (χ0n) is 22.3. The molecule has 4 bridgehead atoms. The summed E-state index contributed by atoms with van der Waals surface area (Å²) >= 11 is 0. The van der Waals surface area contributed by atoms with Crippen molar-refractivity contribution in [3.63, 3.8) is 0 Å². The number of cyclic esters (lactones) is 1. The molecule has 0 amide bonds. The van der Waals surface area contributed by atoms with E-state index in [9.17, 15) is 14.7 Å². The number of esters is 2. The van der Waals surface area contributed by atoms with Gasteiger partial charge >= 0.3 is 11.9 Å². The number of hydrogen-bond donors (Lipinski definition) is 1. The molecule has 4 aliphatic heterocycles. The van der Waals surface area contributed by atoms with E-state index in [1.807, 2.05) is 0 Å². The molecule has 206 valence electrons. The quantitative estimate of drug-likeness (QED) is 0.312. The highest BCUT2D eigenvalue weighted by atomic mass is 16.8. The molecule has 1 N–H and O–H groups in total. The first-order valence-electron chi connectivity index (χ1n) is 13.4. The van der Waals surface area contributed by atoms with Crippen molar-refractivity contribution in [3.8, 4) is 0 Å². The summed E-state index contributed by atoms with van der Waals surface area (Å²) in [6.07, 6.45) is 9.15. The first kappa shape index (κ1) is 26.0. The molecule has 1 saturated carbocycles. The molecule has 38 heavy (non-hydrogen) atoms. The summed E-state index contributed by atoms with van der Waals surface area (Å²) in [6.45, 7) is 8.31. The minimum Gasteiger partial charge on any atom is -0.462 e. The van der Waals surface area contributed by atoms with E-state index in [-0.39, 0.29) is 25.4 Å². The average Bonchev–Trinajstić information content (AvgIpc) is 3.52. The SMILES string of the molecule is CC1=C[C@H]2O[C@@H]3C[C@H]4OC(=O)/C=C\C=C\C5([C@@H](C)O)OC[C@H](O5)/C(C)=C/C(=O)OC[C@@]2(CC1)[C@]4(C)[C@]31CO1. The smallest absolute Gasteiger partial charge is 0.331 e. The van der Waals surface area contributed by atoms with Crippen LogP contribution in [0.4, 0.5) is 0 Å². The third kappa shape index (κ3) is 3.63. The highest BCUT2D eigenvalue weighted by molar-refractivity contribution is 5.83. The molecule has 0 aromatic rings. The minimum absolute atomic E-state index is 0.101. The summed E-state index contributed by atoms with van der Waals surface area (Å²) in [6, 6.07) is 0. The fourth-order valence-electron chi connectivity index (χ4n) is 7.32. The molecule has 2 aliphatic carbocycles. The first-order chi connectivity index (χ1) is 18.1. The second-order valence-electron chi connectivity index (χ2n) is 11.8. The van der Waals surface area contributed by atoms with Gasteiger partial charge in [0.25, 0.3) is 0 Å². The van der Waals surface area contributed by atoms with Crippen LogP contribution in [0.1, 0.15) is 47.0 Å². The number of aliphatic hydroxyl groups is 1. The maximum absolute atomic E-state index is 13.1. The van der Waals surface area contributed by atoms with Crippen LogP contribution in [0.5, 0.6) is 0 Å². The van der Waals surface area contributed by atoms with Crippen LogP contribution in [0.25, 0.3) is 0 Å². The van der Waals surface area contributed by atoms with Crippen LogP contribution in [-0.4, -0.2) is 78.8 Å². The number of fused-ring (bicyclic) bond motifs is 2. The highest BCUT2D eigenvalue weighted by Gasteiger charge is 2.83. The Bertz CT molecular complexity index is 1150. The molecule has 1 unspecified atom stereocenters. The number of aliphatic hydroxyl groups excluding tert-OH is 1. The maximum atomic E-state index is 13.1. The maximum Gasteiger partial charge on any atom is 0.331 e. The average molecular weight is 529 g/mol. The zero-order valence-corrected chi connectivity index (χ0v) is 22.3. The zero-order chi connectivity index (χ0) is 26.9. The normalized spacial score (nSPS) is 50.0. The van der Waals surface area contributed by atoms with Gasteiger partial charge < -0.3 is 33.5 Å². The van der Waals surface area contributed by atoms with E-state index in [1.54, 1.807) is 32.1 Å². The standard InChI is InChI=1S/C29H36O9/c1-17-8-10-27-15-33-25(32)12-18(2)20-14-34-29(38-20,19(3)30)9-6-5-7-24(31)37-21-13-23(36-22(27)11-17)28(16-35-28)26(21,27)4/h5-7,9,11-12,19-23,30H,8,10,13-16H2,1-4H3/b7-5-,9-6+,18-12+/t19-,20+,21-,22-,23-,26-,27-,28+,29?/m1/s1. The van der Waals surface area contributed by atoms with E-state index >= 15 is 0 Å². The van der Waals surface area contributed by atoms with Crippen LogP contribution in [-0.2, 0) is 38.0 Å². The highest BCUT2D eigenvalue weighted by Crippen LogP contribution is 2.72. The molecular weight excluding hydrogens is 492 g/mol. The van der Waals surface area contributed by atoms with Gasteiger partial charge in [-0.1, -0.05) is 30.7 Å². The van der Waals surface area contributed by atoms with Gasteiger partial charge in [0, 0.05) is 24.0 Å². The second-order valence-corrected chi connectivity index (χ2v) is 11.8. The molecule has 4 heterocycles. The molecule has 6 aliphatic rings. The lowest BCUT2D eigenvalue weighted by atomic mass is 9.51. The van der Waals surface area contributed by atoms with Gasteiger partial charge in [-0.25, -0.2) is 9.59 Å². The van der Waals surface area contributed by atoms with E-state index in [4.69, 9.17) is 28.4 Å². The van der Waals surface area contributed by atoms with E-state index in [0.29, 0.717) is 25.0 Å². The van der Waals surface area contributed by atoms with Crippen LogP contribution in [0, 0.1) is 10.8 Å². The molecule has 9 atom stereocenters. The Hall–Kier alpha value is -2.30. The Morgan fingerprint density at radius 3 is 2.61 bits per heavy atom. The molecule has 0 aromatic carbocycles. The second kappa shape index (κ2) is 8.86. The lowest BCUT2D eigenvalue weighted by Gasteiger charge is -2.58. The predicted molar refractivity (Wildman–Crippen MR) is 134 cm³/mol. The summed E-state index contributed by atoms with van der Waals surface area (Å²) < 4.78 is 36.7. The van der Waals surface area contributed by atoms with Gasteiger partial charge in [0.2, 0.25) is 5.79 Å². The molecule has 0 aromatic heterocycles. The van der Waals surface area contributed by atoms with Crippen LogP contribution >= 0.6 is 0 Å². The molecule has 9 nitrogen and oxygen atoms in total. The van der Waals surface area contributed by atoms with E-state index in [1.165, 1.54) is 17.7 Å². The van der Waals surface area contributed by atoms with Crippen molar-refractivity contribution in [3.05, 3.63) is 47.6 Å². The molecule has 2 spiro atoms. The van der Waals surface area contributed by atoms with Gasteiger partial charge in [0.05, 0.1) is 30.8 Å². The van der Waals surface area contributed by atoms with Crippen molar-refractivity contribution in [2.45, 2.75) is 88.9 Å². The Labute approximate surface area is 222 Å². The molecule has 9 heteroatoms. The van der Waals surface area contributed by atoms with Crippen LogP contribution in [0.3, 0.4) is 0 Å². The van der Waals surface area contributed by atoms with Gasteiger partial charge in [-0.3, -0.25) is 0 Å². The molecular formula is C29H36O9. The fraction of sp³-hybridized carbons (Fsp3) is 0.655. The summed E-state index contributed by atoms with van der Waals surface area (Å²) in [4.78, 5) is 26.1. The monoisotopic (exact) mass is 528 g/mol. The van der Waals surface area contributed by atoms with Crippen molar-refractivity contribution in [2.24, 2.45) is 10.8 Å². The van der Waals surface area contributed by atoms with Crippen molar-refractivity contribution in [2.75, 3.05) is 19.8 Å². The number of carbonyl (C=O) groups is 2. The van der Waals surface area contributed by atoms with Crippen LogP contribution in [0.2, 0.25) is 0 Å². The van der Waals surface area contributed by atoms with Gasteiger partial charge in [0.1, 0.15) is 30.5 Å². The lowest BCUT2D eigenvalue weighted by Crippen LogP contribution is -2.66. The predicted octanol–water partition coefficient (Wildman–Crippen LogP) is 2.68. The van der Waals surface area contributed by atoms with E-state index < -0.39 is 52.5 Å². The Kier molecular flexibility index (Phi) is 6.05. The van der Waals surface area contributed by atoms with Crippen molar-refractivity contribution < 1.29 is 43.1 Å². The van der Waals surface area contributed by atoms with Crippen molar-refractivity contribution in [1.29, 1.82) is 0 Å². The summed E-state index contributed by atoms with van der Waals surface area (Å²) in [5.74, 6) is -2.39. The molecule has 4 fully saturated rings. The summed E-state index contributed by atoms with van der Waals surface area (Å²) in [5.41, 5.74) is 0.0229.